The molecule has 0 aliphatic heterocycles. The Morgan fingerprint density at radius 3 is 2.38 bits per heavy atom. The van der Waals surface area contributed by atoms with Crippen molar-refractivity contribution >= 4 is 45.5 Å². The van der Waals surface area contributed by atoms with Gasteiger partial charge in [0.1, 0.15) is 11.5 Å². The lowest BCUT2D eigenvalue weighted by atomic mass is 10.0. The Morgan fingerprint density at radius 2 is 1.64 bits per heavy atom. The molecule has 1 unspecified atom stereocenters. The molecule has 6 rings (SSSR count). The number of pyridine rings is 1. The fraction of sp³-hybridized carbons (Fsp3) is 0.114. The predicted octanol–water partition coefficient (Wildman–Crippen LogP) is 7.37. The lowest BCUT2D eigenvalue weighted by Gasteiger charge is -2.18. The molecule has 0 bridgehead atoms. The number of hydrogen-bond donors (Lipinski definition) is 3. The molecule has 1 atom stereocenters. The Kier molecular flexibility index (Phi) is 7.70. The Morgan fingerprint density at radius 1 is 0.911 bits per heavy atom. The maximum absolute atomic E-state index is 13.8. The first kappa shape index (κ1) is 29.1. The molecule has 0 fully saturated rings. The van der Waals surface area contributed by atoms with Crippen molar-refractivity contribution in [2.75, 3.05) is 5.32 Å². The van der Waals surface area contributed by atoms with Crippen molar-refractivity contribution < 1.29 is 19.6 Å². The molecule has 3 N–H and O–H groups in total. The Hall–Kier alpha value is -6.03. The van der Waals surface area contributed by atoms with E-state index in [1.54, 1.807) is 18.2 Å². The summed E-state index contributed by atoms with van der Waals surface area (Å²) in [6.07, 6.45) is 1.35. The van der Waals surface area contributed by atoms with Crippen LogP contribution in [0.15, 0.2) is 103 Å². The summed E-state index contributed by atoms with van der Waals surface area (Å²) in [6, 6.07) is 28.1. The van der Waals surface area contributed by atoms with Crippen LogP contribution in [-0.2, 0) is 4.79 Å². The number of amides is 1. The first-order valence-corrected chi connectivity index (χ1v) is 14.3. The van der Waals surface area contributed by atoms with Crippen LogP contribution in [-0.4, -0.2) is 31.3 Å². The fourth-order valence-corrected chi connectivity index (χ4v) is 5.55. The van der Waals surface area contributed by atoms with E-state index in [0.717, 1.165) is 33.2 Å². The van der Waals surface area contributed by atoms with Crippen LogP contribution in [0.4, 0.5) is 17.2 Å². The maximum Gasteiger partial charge on any atom is 0.305 e. The maximum atomic E-state index is 13.8. The number of nitro benzene ring substituents is 1. The zero-order valence-corrected chi connectivity index (χ0v) is 24.5. The van der Waals surface area contributed by atoms with Gasteiger partial charge in [-0.3, -0.25) is 24.1 Å². The van der Waals surface area contributed by atoms with Gasteiger partial charge in [0.2, 0.25) is 0 Å². The SMILES string of the molecule is Cc1cccc(C)c1Nc1c(-c2ccc3ccccc3c2)nc2c(C(=O)NC(CC(=O)O)c3cccc([N+](=O)[O-])c3)cccn12. The quantitative estimate of drug-likeness (QED) is 0.116. The molecule has 10 heteroatoms. The van der Waals surface area contributed by atoms with Gasteiger partial charge in [0.05, 0.1) is 22.9 Å². The second-order valence-corrected chi connectivity index (χ2v) is 10.9. The minimum atomic E-state index is -1.16. The summed E-state index contributed by atoms with van der Waals surface area (Å²) >= 11 is 0. The highest BCUT2D eigenvalue weighted by Crippen LogP contribution is 2.35. The Labute approximate surface area is 258 Å². The zero-order chi connectivity index (χ0) is 31.7. The summed E-state index contributed by atoms with van der Waals surface area (Å²) < 4.78 is 1.81. The number of carbonyl (C=O) groups is 2. The number of nitrogens with zero attached hydrogens (tertiary/aromatic N) is 3. The molecule has 0 radical (unpaired) electrons. The van der Waals surface area contributed by atoms with Crippen molar-refractivity contribution in [3.63, 3.8) is 0 Å². The van der Waals surface area contributed by atoms with E-state index < -0.39 is 29.3 Å². The van der Waals surface area contributed by atoms with Gasteiger partial charge in [-0.05, 0) is 59.5 Å². The average Bonchev–Trinajstić information content (AvgIpc) is 3.40. The molecule has 0 aliphatic carbocycles. The second kappa shape index (κ2) is 11.9. The minimum absolute atomic E-state index is 0.199. The normalized spacial score (nSPS) is 11.8. The lowest BCUT2D eigenvalue weighted by Crippen LogP contribution is -2.30. The number of imidazole rings is 1. The van der Waals surface area contributed by atoms with E-state index in [2.05, 4.69) is 16.7 Å². The number of carboxylic acids is 1. The third kappa shape index (κ3) is 5.81. The second-order valence-electron chi connectivity index (χ2n) is 10.9. The molecule has 224 valence electrons. The van der Waals surface area contributed by atoms with Crippen molar-refractivity contribution in [1.29, 1.82) is 0 Å². The number of non-ortho nitro benzene ring substituents is 1. The van der Waals surface area contributed by atoms with Crippen molar-refractivity contribution in [2.45, 2.75) is 26.3 Å². The van der Waals surface area contributed by atoms with Crippen LogP contribution in [0.25, 0.3) is 27.7 Å². The van der Waals surface area contributed by atoms with Crippen LogP contribution in [0, 0.1) is 24.0 Å². The van der Waals surface area contributed by atoms with Gasteiger partial charge in [0.25, 0.3) is 11.6 Å². The molecular formula is C35H29N5O5. The zero-order valence-electron chi connectivity index (χ0n) is 24.5. The molecule has 2 aromatic heterocycles. The predicted molar refractivity (Wildman–Crippen MR) is 173 cm³/mol. The number of carbonyl (C=O) groups excluding carboxylic acids is 1. The van der Waals surface area contributed by atoms with Gasteiger partial charge in [-0.2, -0.15) is 0 Å². The first-order chi connectivity index (χ1) is 21.7. The van der Waals surface area contributed by atoms with Crippen molar-refractivity contribution in [1.82, 2.24) is 14.7 Å². The highest BCUT2D eigenvalue weighted by atomic mass is 16.6. The van der Waals surface area contributed by atoms with E-state index in [1.807, 2.05) is 79.0 Å². The van der Waals surface area contributed by atoms with Gasteiger partial charge in [0, 0.05) is 29.6 Å². The third-order valence-electron chi connectivity index (χ3n) is 7.81. The van der Waals surface area contributed by atoms with E-state index in [4.69, 9.17) is 4.98 Å². The number of nitro groups is 1. The highest BCUT2D eigenvalue weighted by Gasteiger charge is 2.25. The fourth-order valence-electron chi connectivity index (χ4n) is 5.55. The number of nitrogens with one attached hydrogen (secondary N) is 2. The molecule has 45 heavy (non-hydrogen) atoms. The van der Waals surface area contributed by atoms with Gasteiger partial charge in [-0.25, -0.2) is 4.98 Å². The molecular weight excluding hydrogens is 570 g/mol. The number of aliphatic carboxylic acids is 1. The molecule has 1 amide bonds. The van der Waals surface area contributed by atoms with Gasteiger partial charge in [-0.15, -0.1) is 0 Å². The number of aromatic nitrogens is 2. The van der Waals surface area contributed by atoms with Crippen LogP contribution < -0.4 is 10.6 Å². The average molecular weight is 600 g/mol. The lowest BCUT2D eigenvalue weighted by molar-refractivity contribution is -0.384. The van der Waals surface area contributed by atoms with Crippen LogP contribution >= 0.6 is 0 Å². The molecule has 6 aromatic rings. The van der Waals surface area contributed by atoms with E-state index in [9.17, 15) is 24.8 Å². The van der Waals surface area contributed by atoms with Gasteiger partial charge < -0.3 is 15.7 Å². The number of rotatable bonds is 9. The minimum Gasteiger partial charge on any atom is -0.481 e. The number of para-hydroxylation sites is 1. The summed E-state index contributed by atoms with van der Waals surface area (Å²) in [6.45, 7) is 4.04. The van der Waals surface area contributed by atoms with Crippen molar-refractivity contribution in [2.24, 2.45) is 0 Å². The number of carboxylic acid groups (broad SMARTS) is 1. The first-order valence-electron chi connectivity index (χ1n) is 14.3. The summed E-state index contributed by atoms with van der Waals surface area (Å²) in [5.41, 5.74) is 5.16. The standard InChI is InChI=1S/C35H29N5O5/c1-21-8-5-9-22(2)31(21)37-34-32(26-16-15-23-10-3-4-11-24(23)18-26)38-33-28(14-7-17-39(33)34)35(43)36-29(20-30(41)42)25-12-6-13-27(19-25)40(44)45/h3-19,29,37H,20H2,1-2H3,(H,36,43)(H,41,42). The number of hydrogen-bond acceptors (Lipinski definition) is 6. The molecule has 4 aromatic carbocycles. The summed E-state index contributed by atoms with van der Waals surface area (Å²) in [7, 11) is 0. The molecule has 10 nitrogen and oxygen atoms in total. The summed E-state index contributed by atoms with van der Waals surface area (Å²) in [4.78, 5) is 41.4. The van der Waals surface area contributed by atoms with Crippen LogP contribution in [0.5, 0.6) is 0 Å². The molecule has 2 heterocycles. The largest absolute Gasteiger partial charge is 0.481 e. The van der Waals surface area contributed by atoms with Gasteiger partial charge >= 0.3 is 5.97 Å². The van der Waals surface area contributed by atoms with Crippen LogP contribution in [0.1, 0.15) is 39.5 Å². The van der Waals surface area contributed by atoms with E-state index in [-0.39, 0.29) is 11.3 Å². The monoisotopic (exact) mass is 599 g/mol. The summed E-state index contributed by atoms with van der Waals surface area (Å²) in [5, 5.41) is 29.5. The molecule has 0 saturated carbocycles. The summed E-state index contributed by atoms with van der Waals surface area (Å²) in [5.74, 6) is -1.07. The van der Waals surface area contributed by atoms with Crippen LogP contribution in [0.2, 0.25) is 0 Å². The number of benzene rings is 4. The van der Waals surface area contributed by atoms with Crippen molar-refractivity contribution in [3.8, 4) is 11.3 Å². The van der Waals surface area contributed by atoms with Crippen molar-refractivity contribution in [3.05, 3.63) is 136 Å². The highest BCUT2D eigenvalue weighted by molar-refractivity contribution is 6.01. The number of aryl methyl sites for hydroxylation is 2. The Bertz CT molecular complexity index is 2100. The molecule has 0 aliphatic rings. The molecule has 0 spiro atoms. The van der Waals surface area contributed by atoms with Gasteiger partial charge in [0.15, 0.2) is 5.65 Å². The number of anilines is 2. The smallest absolute Gasteiger partial charge is 0.305 e. The number of fused-ring (bicyclic) bond motifs is 2. The van der Waals surface area contributed by atoms with E-state index in [1.165, 1.54) is 18.2 Å². The third-order valence-corrected chi connectivity index (χ3v) is 7.81. The van der Waals surface area contributed by atoms with E-state index in [0.29, 0.717) is 22.7 Å². The Balaban J connectivity index is 1.47. The topological polar surface area (TPSA) is 139 Å². The van der Waals surface area contributed by atoms with E-state index >= 15 is 0 Å². The van der Waals surface area contributed by atoms with Gasteiger partial charge in [-0.1, -0.05) is 66.7 Å². The molecule has 0 saturated heterocycles. The van der Waals surface area contributed by atoms with Crippen LogP contribution in [0.3, 0.4) is 0 Å².